The fourth-order valence-electron chi connectivity index (χ4n) is 2.18. The lowest BCUT2D eigenvalue weighted by Crippen LogP contribution is -2.54. The van der Waals surface area contributed by atoms with Crippen molar-refractivity contribution in [1.82, 2.24) is 10.4 Å². The Balaban J connectivity index is 2.41. The number of benzene rings is 2. The van der Waals surface area contributed by atoms with E-state index in [1.807, 2.05) is 0 Å². The molecule has 0 unspecified atom stereocenters. The third-order valence-electron chi connectivity index (χ3n) is 3.35. The van der Waals surface area contributed by atoms with Gasteiger partial charge in [0.15, 0.2) is 0 Å². The van der Waals surface area contributed by atoms with E-state index in [4.69, 9.17) is 16.3 Å². The number of imide groups is 1. The molecule has 0 radical (unpaired) electrons. The molecule has 2 aromatic carbocycles. The Labute approximate surface area is 156 Å². The van der Waals surface area contributed by atoms with Gasteiger partial charge in [0.05, 0.1) is 17.7 Å². The van der Waals surface area contributed by atoms with Crippen LogP contribution in [0.5, 0.6) is 5.75 Å². The van der Waals surface area contributed by atoms with Gasteiger partial charge in [-0.3, -0.25) is 9.59 Å². The van der Waals surface area contributed by atoms with Gasteiger partial charge >= 0.3 is 0 Å². The van der Waals surface area contributed by atoms with Crippen LogP contribution in [0.25, 0.3) is 0 Å². The van der Waals surface area contributed by atoms with Crippen molar-refractivity contribution in [1.29, 1.82) is 0 Å². The number of hydrazine groups is 1. The van der Waals surface area contributed by atoms with Gasteiger partial charge in [-0.15, -0.1) is 0 Å². The van der Waals surface area contributed by atoms with Crippen LogP contribution in [0.4, 0.5) is 4.39 Å². The molecule has 2 amide bonds. The SMILES string of the molecule is COc1ccc(C(=O)N(NC(C)(C)C)C(=O)c2ccc(F)cc2Cl)cc1. The number of nitrogens with one attached hydrogen (secondary N) is 1. The highest BCUT2D eigenvalue weighted by molar-refractivity contribution is 6.34. The van der Waals surface area contributed by atoms with Crippen molar-refractivity contribution < 1.29 is 18.7 Å². The summed E-state index contributed by atoms with van der Waals surface area (Å²) in [5, 5.41) is 0.819. The van der Waals surface area contributed by atoms with E-state index in [1.54, 1.807) is 45.0 Å². The summed E-state index contributed by atoms with van der Waals surface area (Å²) in [5.74, 6) is -1.22. The van der Waals surface area contributed by atoms with Crippen molar-refractivity contribution in [3.8, 4) is 5.75 Å². The van der Waals surface area contributed by atoms with Crippen LogP contribution in [0.1, 0.15) is 41.5 Å². The van der Waals surface area contributed by atoms with E-state index in [9.17, 15) is 14.0 Å². The molecule has 2 aromatic rings. The quantitative estimate of drug-likeness (QED) is 0.643. The Morgan fingerprint density at radius 1 is 1.08 bits per heavy atom. The molecular weight excluding hydrogens is 359 g/mol. The lowest BCUT2D eigenvalue weighted by atomic mass is 10.1. The zero-order valence-electron chi connectivity index (χ0n) is 15.0. The van der Waals surface area contributed by atoms with Crippen LogP contribution in [-0.4, -0.2) is 29.5 Å². The highest BCUT2D eigenvalue weighted by Gasteiger charge is 2.29. The van der Waals surface area contributed by atoms with Gasteiger partial charge in [0.2, 0.25) is 0 Å². The number of carbonyl (C=O) groups excluding carboxylic acids is 2. The summed E-state index contributed by atoms with van der Waals surface area (Å²) < 4.78 is 18.3. The van der Waals surface area contributed by atoms with Crippen molar-refractivity contribution in [3.63, 3.8) is 0 Å². The molecule has 0 saturated heterocycles. The highest BCUT2D eigenvalue weighted by atomic mass is 35.5. The molecule has 0 bridgehead atoms. The van der Waals surface area contributed by atoms with Crippen molar-refractivity contribution in [2.24, 2.45) is 0 Å². The molecule has 0 aliphatic rings. The minimum Gasteiger partial charge on any atom is -0.497 e. The maximum Gasteiger partial charge on any atom is 0.276 e. The molecule has 0 saturated carbocycles. The van der Waals surface area contributed by atoms with E-state index in [0.29, 0.717) is 5.75 Å². The summed E-state index contributed by atoms with van der Waals surface area (Å²) in [7, 11) is 1.52. The fraction of sp³-hybridized carbons (Fsp3) is 0.263. The predicted molar refractivity (Wildman–Crippen MR) is 97.8 cm³/mol. The first-order valence-electron chi connectivity index (χ1n) is 7.88. The number of ether oxygens (including phenoxy) is 1. The lowest BCUT2D eigenvalue weighted by molar-refractivity contribution is 0.0452. The second-order valence-corrected chi connectivity index (χ2v) is 7.07. The molecule has 7 heteroatoms. The summed E-state index contributed by atoms with van der Waals surface area (Å²) in [5.41, 5.74) is 2.60. The topological polar surface area (TPSA) is 58.6 Å². The molecule has 5 nitrogen and oxygen atoms in total. The average molecular weight is 379 g/mol. The number of halogens is 2. The molecule has 2 rings (SSSR count). The number of hydrogen-bond acceptors (Lipinski definition) is 4. The molecular formula is C19H20ClFN2O3. The Hall–Kier alpha value is -2.44. The molecule has 0 fully saturated rings. The van der Waals surface area contributed by atoms with Crippen molar-refractivity contribution in [2.45, 2.75) is 26.3 Å². The largest absolute Gasteiger partial charge is 0.497 e. The van der Waals surface area contributed by atoms with Crippen LogP contribution in [0.2, 0.25) is 5.02 Å². The van der Waals surface area contributed by atoms with Crippen LogP contribution in [0, 0.1) is 5.82 Å². The van der Waals surface area contributed by atoms with Gasteiger partial charge in [0.25, 0.3) is 11.8 Å². The molecule has 0 aliphatic heterocycles. The van der Waals surface area contributed by atoms with Gasteiger partial charge in [-0.2, -0.15) is 0 Å². The standard InChI is InChI=1S/C19H20ClFN2O3/c1-19(2,3)22-23(17(24)12-5-8-14(26-4)9-6-12)18(25)15-10-7-13(21)11-16(15)20/h5-11,22H,1-4H3. The van der Waals surface area contributed by atoms with Gasteiger partial charge in [-0.1, -0.05) is 11.6 Å². The molecule has 26 heavy (non-hydrogen) atoms. The normalized spacial score (nSPS) is 11.2. The molecule has 0 heterocycles. The molecule has 0 aromatic heterocycles. The van der Waals surface area contributed by atoms with Crippen LogP contribution < -0.4 is 10.2 Å². The van der Waals surface area contributed by atoms with E-state index in [0.717, 1.165) is 17.1 Å². The first-order chi connectivity index (χ1) is 12.1. The summed E-state index contributed by atoms with van der Waals surface area (Å²) in [6, 6.07) is 9.75. The van der Waals surface area contributed by atoms with Crippen LogP contribution in [0.15, 0.2) is 42.5 Å². The molecule has 0 aliphatic carbocycles. The fourth-order valence-corrected chi connectivity index (χ4v) is 2.42. The zero-order chi connectivity index (χ0) is 19.5. The van der Waals surface area contributed by atoms with Gasteiger partial charge in [-0.05, 0) is 63.2 Å². The maximum atomic E-state index is 13.3. The Morgan fingerprint density at radius 2 is 1.69 bits per heavy atom. The number of carbonyl (C=O) groups is 2. The Bertz CT molecular complexity index is 817. The van der Waals surface area contributed by atoms with Crippen LogP contribution >= 0.6 is 11.6 Å². The van der Waals surface area contributed by atoms with Gasteiger partial charge < -0.3 is 4.74 Å². The monoisotopic (exact) mass is 378 g/mol. The third-order valence-corrected chi connectivity index (χ3v) is 3.66. The Morgan fingerprint density at radius 3 is 2.19 bits per heavy atom. The maximum absolute atomic E-state index is 13.3. The third kappa shape index (κ3) is 4.80. The second-order valence-electron chi connectivity index (χ2n) is 6.66. The van der Waals surface area contributed by atoms with E-state index in [2.05, 4.69) is 5.43 Å². The number of hydrogen-bond donors (Lipinski definition) is 1. The first-order valence-corrected chi connectivity index (χ1v) is 8.26. The summed E-state index contributed by atoms with van der Waals surface area (Å²) >= 11 is 5.99. The number of amides is 2. The van der Waals surface area contributed by atoms with Crippen molar-refractivity contribution in [3.05, 3.63) is 64.4 Å². The molecule has 138 valence electrons. The second kappa shape index (κ2) is 7.85. The summed E-state index contributed by atoms with van der Waals surface area (Å²) in [4.78, 5) is 25.8. The summed E-state index contributed by atoms with van der Waals surface area (Å²) in [6.45, 7) is 5.42. The number of rotatable bonds is 4. The van der Waals surface area contributed by atoms with E-state index >= 15 is 0 Å². The van der Waals surface area contributed by atoms with Crippen molar-refractivity contribution in [2.75, 3.05) is 7.11 Å². The van der Waals surface area contributed by atoms with Gasteiger partial charge in [0.1, 0.15) is 11.6 Å². The molecule has 0 spiro atoms. The van der Waals surface area contributed by atoms with E-state index in [1.165, 1.54) is 13.2 Å². The van der Waals surface area contributed by atoms with Crippen molar-refractivity contribution >= 4 is 23.4 Å². The predicted octanol–water partition coefficient (Wildman–Crippen LogP) is 4.07. The summed E-state index contributed by atoms with van der Waals surface area (Å²) in [6.07, 6.45) is 0. The number of nitrogens with zero attached hydrogens (tertiary/aromatic N) is 1. The minimum atomic E-state index is -0.675. The lowest BCUT2D eigenvalue weighted by Gasteiger charge is -2.30. The zero-order valence-corrected chi connectivity index (χ0v) is 15.7. The molecule has 1 N–H and O–H groups in total. The van der Waals surface area contributed by atoms with Crippen LogP contribution in [-0.2, 0) is 0 Å². The highest BCUT2D eigenvalue weighted by Crippen LogP contribution is 2.21. The van der Waals surface area contributed by atoms with Crippen LogP contribution in [0.3, 0.4) is 0 Å². The van der Waals surface area contributed by atoms with E-state index < -0.39 is 23.2 Å². The average Bonchev–Trinajstić information content (AvgIpc) is 2.58. The first kappa shape index (κ1) is 19.9. The molecule has 0 atom stereocenters. The number of methoxy groups -OCH3 is 1. The minimum absolute atomic E-state index is 0.0201. The van der Waals surface area contributed by atoms with Gasteiger partial charge in [-0.25, -0.2) is 14.8 Å². The Kier molecular flexibility index (Phi) is 6.00. The van der Waals surface area contributed by atoms with Gasteiger partial charge in [0, 0.05) is 11.1 Å². The smallest absolute Gasteiger partial charge is 0.276 e. The van der Waals surface area contributed by atoms with E-state index in [-0.39, 0.29) is 16.1 Å².